The molecule has 0 bridgehead atoms. The van der Waals surface area contributed by atoms with E-state index in [-0.39, 0.29) is 18.9 Å². The molecule has 114 valence electrons. The first-order valence-corrected chi connectivity index (χ1v) is 6.91. The third-order valence-electron chi connectivity index (χ3n) is 3.75. The molecule has 1 aliphatic carbocycles. The van der Waals surface area contributed by atoms with Gasteiger partial charge in [-0.1, -0.05) is 13.8 Å². The summed E-state index contributed by atoms with van der Waals surface area (Å²) in [5, 5.41) is 11.1. The van der Waals surface area contributed by atoms with E-state index in [0.29, 0.717) is 5.92 Å². The van der Waals surface area contributed by atoms with Crippen LogP contribution in [0.2, 0.25) is 0 Å². The average Bonchev–Trinajstić information content (AvgIpc) is 3.07. The van der Waals surface area contributed by atoms with Crippen LogP contribution < -0.4 is 5.32 Å². The molecule has 0 heterocycles. The normalized spacial score (nSPS) is 16.4. The van der Waals surface area contributed by atoms with Crippen molar-refractivity contribution in [1.82, 2.24) is 10.2 Å². The van der Waals surface area contributed by atoms with Gasteiger partial charge in [0.2, 0.25) is 5.91 Å². The first-order valence-electron chi connectivity index (χ1n) is 6.91. The number of hydrogen-bond acceptors (Lipinski definition) is 3. The molecule has 3 amide bonds. The molecule has 0 spiro atoms. The Kier molecular flexibility index (Phi) is 5.14. The van der Waals surface area contributed by atoms with Crippen LogP contribution in [-0.2, 0) is 9.59 Å². The summed E-state index contributed by atoms with van der Waals surface area (Å²) >= 11 is 0. The van der Waals surface area contributed by atoms with Gasteiger partial charge in [0.05, 0.1) is 6.42 Å². The van der Waals surface area contributed by atoms with E-state index in [2.05, 4.69) is 5.32 Å². The number of nitrogens with zero attached hydrogens (tertiary/aromatic N) is 1. The predicted octanol–water partition coefficient (Wildman–Crippen LogP) is 1.84. The highest BCUT2D eigenvalue weighted by atomic mass is 16.4. The van der Waals surface area contributed by atoms with Crippen LogP contribution in [0.15, 0.2) is 0 Å². The molecule has 1 unspecified atom stereocenters. The second-order valence-electron chi connectivity index (χ2n) is 6.45. The maximum absolute atomic E-state index is 11.9. The Morgan fingerprint density at radius 1 is 1.30 bits per heavy atom. The van der Waals surface area contributed by atoms with Crippen LogP contribution >= 0.6 is 0 Å². The minimum absolute atomic E-state index is 0.0106. The van der Waals surface area contributed by atoms with E-state index in [1.54, 1.807) is 25.8 Å². The molecule has 0 saturated heterocycles. The Bertz CT molecular complexity index is 402. The number of nitrogens with one attached hydrogen (secondary N) is 1. The number of hydrogen-bond donors (Lipinski definition) is 2. The van der Waals surface area contributed by atoms with Crippen molar-refractivity contribution in [2.45, 2.75) is 52.5 Å². The largest absolute Gasteiger partial charge is 0.481 e. The first-order chi connectivity index (χ1) is 9.12. The minimum Gasteiger partial charge on any atom is -0.481 e. The molecule has 0 aliphatic heterocycles. The molecule has 6 heteroatoms. The lowest BCUT2D eigenvalue weighted by molar-refractivity contribution is -0.139. The molecule has 1 atom stereocenters. The summed E-state index contributed by atoms with van der Waals surface area (Å²) in [6, 6.07) is -0.296. The topological polar surface area (TPSA) is 86.7 Å². The van der Waals surface area contributed by atoms with Crippen LogP contribution in [0.3, 0.4) is 0 Å². The lowest BCUT2D eigenvalue weighted by atomic mass is 9.85. The molecule has 0 aromatic rings. The monoisotopic (exact) mass is 284 g/mol. The molecular weight excluding hydrogens is 260 g/mol. The highest BCUT2D eigenvalue weighted by molar-refractivity contribution is 5.94. The van der Waals surface area contributed by atoms with E-state index in [1.807, 2.05) is 6.92 Å². The summed E-state index contributed by atoms with van der Waals surface area (Å²) in [6.45, 7) is 5.36. The highest BCUT2D eigenvalue weighted by Gasteiger charge is 2.33. The third kappa shape index (κ3) is 5.19. The number of carbonyl (C=O) groups excluding carboxylic acids is 2. The summed E-state index contributed by atoms with van der Waals surface area (Å²) in [5.74, 6) is -0.853. The quantitative estimate of drug-likeness (QED) is 0.779. The van der Waals surface area contributed by atoms with E-state index in [9.17, 15) is 14.4 Å². The Morgan fingerprint density at radius 2 is 1.85 bits per heavy atom. The molecule has 20 heavy (non-hydrogen) atoms. The molecule has 2 N–H and O–H groups in total. The maximum atomic E-state index is 11.9. The fraction of sp³-hybridized carbons (Fsp3) is 0.786. The smallest absolute Gasteiger partial charge is 0.324 e. The molecule has 1 fully saturated rings. The number of carboxylic acids is 1. The summed E-state index contributed by atoms with van der Waals surface area (Å²) in [6.07, 6.45) is 2.15. The zero-order chi connectivity index (χ0) is 15.5. The minimum atomic E-state index is -0.950. The van der Waals surface area contributed by atoms with Gasteiger partial charge in [0.15, 0.2) is 0 Å². The van der Waals surface area contributed by atoms with E-state index in [4.69, 9.17) is 5.11 Å². The molecule has 0 aromatic carbocycles. The lowest BCUT2D eigenvalue weighted by Gasteiger charge is -2.26. The van der Waals surface area contributed by atoms with E-state index < -0.39 is 23.3 Å². The second-order valence-corrected chi connectivity index (χ2v) is 6.45. The Labute approximate surface area is 119 Å². The number of aliphatic carboxylic acids is 1. The van der Waals surface area contributed by atoms with Crippen molar-refractivity contribution >= 4 is 17.9 Å². The molecule has 1 rings (SSSR count). The zero-order valence-corrected chi connectivity index (χ0v) is 12.6. The number of carbonyl (C=O) groups is 3. The van der Waals surface area contributed by atoms with Gasteiger partial charge in [-0.15, -0.1) is 0 Å². The fourth-order valence-corrected chi connectivity index (χ4v) is 2.24. The highest BCUT2D eigenvalue weighted by Crippen LogP contribution is 2.34. The summed E-state index contributed by atoms with van der Waals surface area (Å²) in [4.78, 5) is 36.0. The van der Waals surface area contributed by atoms with Gasteiger partial charge in [0.25, 0.3) is 0 Å². The Morgan fingerprint density at radius 3 is 2.30 bits per heavy atom. The van der Waals surface area contributed by atoms with Crippen LogP contribution in [0.5, 0.6) is 0 Å². The second kappa shape index (κ2) is 6.24. The zero-order valence-electron chi connectivity index (χ0n) is 12.6. The summed E-state index contributed by atoms with van der Waals surface area (Å²) in [7, 11) is 1.67. The van der Waals surface area contributed by atoms with Crippen LogP contribution in [0, 0.1) is 11.3 Å². The summed E-state index contributed by atoms with van der Waals surface area (Å²) < 4.78 is 0. The molecule has 1 aliphatic rings. The van der Waals surface area contributed by atoms with E-state index in [1.165, 1.54) is 0 Å². The number of amides is 3. The van der Waals surface area contributed by atoms with Gasteiger partial charge in [-0.05, 0) is 31.1 Å². The molecule has 1 saturated carbocycles. The van der Waals surface area contributed by atoms with Crippen molar-refractivity contribution < 1.29 is 19.5 Å². The molecule has 0 radical (unpaired) electrons. The predicted molar refractivity (Wildman–Crippen MR) is 74.1 cm³/mol. The van der Waals surface area contributed by atoms with Crippen molar-refractivity contribution in [2.24, 2.45) is 11.3 Å². The number of imide groups is 1. The van der Waals surface area contributed by atoms with Crippen molar-refractivity contribution in [3.63, 3.8) is 0 Å². The van der Waals surface area contributed by atoms with Gasteiger partial charge in [-0.3, -0.25) is 14.9 Å². The maximum Gasteiger partial charge on any atom is 0.324 e. The standard InChI is InChI=1S/C14H24N2O4/c1-9(10-5-6-10)16(4)13(20)15-11(17)7-14(2,3)8-12(18)19/h9-10H,5-8H2,1-4H3,(H,18,19)(H,15,17,20). The molecule has 0 aromatic heterocycles. The van der Waals surface area contributed by atoms with E-state index >= 15 is 0 Å². The number of rotatable bonds is 6. The van der Waals surface area contributed by atoms with Crippen molar-refractivity contribution in [3.8, 4) is 0 Å². The fourth-order valence-electron chi connectivity index (χ4n) is 2.24. The van der Waals surface area contributed by atoms with Gasteiger partial charge in [0, 0.05) is 19.5 Å². The van der Waals surface area contributed by atoms with Crippen molar-refractivity contribution in [1.29, 1.82) is 0 Å². The third-order valence-corrected chi connectivity index (χ3v) is 3.75. The van der Waals surface area contributed by atoms with Gasteiger partial charge in [-0.25, -0.2) is 4.79 Å². The van der Waals surface area contributed by atoms with E-state index in [0.717, 1.165) is 12.8 Å². The SMILES string of the molecule is CC(C1CC1)N(C)C(=O)NC(=O)CC(C)(C)CC(=O)O. The average molecular weight is 284 g/mol. The van der Waals surface area contributed by atoms with Gasteiger partial charge in [0.1, 0.15) is 0 Å². The molecular formula is C14H24N2O4. The Balaban J connectivity index is 2.44. The van der Waals surface area contributed by atoms with Crippen LogP contribution in [0.1, 0.15) is 46.5 Å². The van der Waals surface area contributed by atoms with Gasteiger partial charge in [-0.2, -0.15) is 0 Å². The van der Waals surface area contributed by atoms with Crippen molar-refractivity contribution in [3.05, 3.63) is 0 Å². The van der Waals surface area contributed by atoms with Gasteiger partial charge >= 0.3 is 12.0 Å². The first kappa shape index (κ1) is 16.5. The Hall–Kier alpha value is -1.59. The molecule has 6 nitrogen and oxygen atoms in total. The summed E-state index contributed by atoms with van der Waals surface area (Å²) in [5.41, 5.74) is -0.670. The number of carboxylic acid groups (broad SMARTS) is 1. The number of urea groups is 1. The van der Waals surface area contributed by atoms with Crippen LogP contribution in [-0.4, -0.2) is 41.0 Å². The lowest BCUT2D eigenvalue weighted by Crippen LogP contribution is -2.46. The van der Waals surface area contributed by atoms with Gasteiger partial charge < -0.3 is 10.0 Å². The van der Waals surface area contributed by atoms with Crippen molar-refractivity contribution in [2.75, 3.05) is 7.05 Å². The van der Waals surface area contributed by atoms with Crippen LogP contribution in [0.4, 0.5) is 4.79 Å². The van der Waals surface area contributed by atoms with Crippen LogP contribution in [0.25, 0.3) is 0 Å².